The molecule has 0 aromatic heterocycles. The van der Waals surface area contributed by atoms with Gasteiger partial charge in [-0.05, 0) is 30.6 Å². The van der Waals surface area contributed by atoms with Gasteiger partial charge in [-0.25, -0.2) is 0 Å². The first-order chi connectivity index (χ1) is 4.72. The van der Waals surface area contributed by atoms with Gasteiger partial charge in [-0.3, -0.25) is 0 Å². The van der Waals surface area contributed by atoms with Crippen LogP contribution in [0.5, 0.6) is 0 Å². The first-order valence-electron chi connectivity index (χ1n) is 4.28. The largest absolute Gasteiger partial charge is 0.126 e. The monoisotopic (exact) mass is 160 g/mol. The van der Waals surface area contributed by atoms with Crippen LogP contribution in [0, 0.1) is 11.3 Å². The maximum Gasteiger partial charge on any atom is 0.0280 e. The molecule has 1 unspecified atom stereocenters. The van der Waals surface area contributed by atoms with E-state index >= 15 is 0 Å². The van der Waals surface area contributed by atoms with Gasteiger partial charge in [-0.2, -0.15) is 0 Å². The predicted molar refractivity (Wildman–Crippen MR) is 46.5 cm³/mol. The van der Waals surface area contributed by atoms with Gasteiger partial charge < -0.3 is 0 Å². The van der Waals surface area contributed by atoms with Gasteiger partial charge >= 0.3 is 0 Å². The van der Waals surface area contributed by atoms with Gasteiger partial charge in [0.2, 0.25) is 0 Å². The third-order valence-corrected chi connectivity index (χ3v) is 3.29. The molecule has 0 bridgehead atoms. The summed E-state index contributed by atoms with van der Waals surface area (Å²) < 4.78 is 0. The third-order valence-electron chi connectivity index (χ3n) is 2.72. The van der Waals surface area contributed by atoms with Crippen LogP contribution in [-0.4, -0.2) is 5.88 Å². The predicted octanol–water partition coefficient (Wildman–Crippen LogP) is 3.44. The van der Waals surface area contributed by atoms with E-state index in [9.17, 15) is 0 Å². The van der Waals surface area contributed by atoms with Crippen LogP contribution in [0.4, 0.5) is 0 Å². The topological polar surface area (TPSA) is 0 Å². The van der Waals surface area contributed by atoms with Crippen molar-refractivity contribution in [2.24, 2.45) is 11.3 Å². The minimum absolute atomic E-state index is 0.580. The molecule has 1 rings (SSSR count). The Morgan fingerprint density at radius 1 is 1.50 bits per heavy atom. The third kappa shape index (κ3) is 1.88. The van der Waals surface area contributed by atoms with E-state index < -0.39 is 0 Å². The number of alkyl halides is 1. The van der Waals surface area contributed by atoms with E-state index in [4.69, 9.17) is 11.6 Å². The Morgan fingerprint density at radius 3 is 2.40 bits per heavy atom. The summed E-state index contributed by atoms with van der Waals surface area (Å²) in [7, 11) is 0. The van der Waals surface area contributed by atoms with Crippen LogP contribution in [0.1, 0.15) is 39.5 Å². The molecule has 0 aromatic rings. The molecular formula is C9H17Cl. The molecule has 1 heteroatoms. The summed E-state index contributed by atoms with van der Waals surface area (Å²) in [4.78, 5) is 0. The van der Waals surface area contributed by atoms with Crippen molar-refractivity contribution in [1.82, 2.24) is 0 Å². The van der Waals surface area contributed by atoms with Crippen LogP contribution in [0.2, 0.25) is 0 Å². The Kier molecular flexibility index (Phi) is 2.62. The van der Waals surface area contributed by atoms with E-state index in [2.05, 4.69) is 13.8 Å². The molecule has 0 amide bonds. The lowest BCUT2D eigenvalue weighted by atomic mass is 9.93. The maximum absolute atomic E-state index is 5.86. The Bertz CT molecular complexity index is 105. The highest BCUT2D eigenvalue weighted by Crippen LogP contribution is 2.51. The number of rotatable bonds is 4. The van der Waals surface area contributed by atoms with Gasteiger partial charge in [-0.1, -0.05) is 20.3 Å². The van der Waals surface area contributed by atoms with Crippen LogP contribution in [0.25, 0.3) is 0 Å². The lowest BCUT2D eigenvalue weighted by molar-refractivity contribution is 0.393. The zero-order valence-electron chi connectivity index (χ0n) is 6.99. The Hall–Kier alpha value is 0.290. The van der Waals surface area contributed by atoms with Gasteiger partial charge in [0.1, 0.15) is 0 Å². The minimum Gasteiger partial charge on any atom is -0.126 e. The summed E-state index contributed by atoms with van der Waals surface area (Å²) in [6.45, 7) is 4.58. The second-order valence-corrected chi connectivity index (χ2v) is 4.12. The first-order valence-corrected chi connectivity index (χ1v) is 4.82. The zero-order chi connectivity index (χ0) is 7.61. The van der Waals surface area contributed by atoms with Gasteiger partial charge in [-0.15, -0.1) is 11.6 Å². The molecule has 0 radical (unpaired) electrons. The summed E-state index contributed by atoms with van der Waals surface area (Å²) in [6.07, 6.45) is 5.41. The SMILES string of the molecule is CCC(C)CC1(CCl)CC1. The average molecular weight is 161 g/mol. The molecule has 0 aliphatic heterocycles. The summed E-state index contributed by atoms with van der Waals surface area (Å²) >= 11 is 5.86. The molecule has 0 aromatic carbocycles. The van der Waals surface area contributed by atoms with Crippen molar-refractivity contribution in [3.05, 3.63) is 0 Å². The van der Waals surface area contributed by atoms with E-state index in [-0.39, 0.29) is 0 Å². The molecule has 0 saturated heterocycles. The Morgan fingerprint density at radius 2 is 2.10 bits per heavy atom. The lowest BCUT2D eigenvalue weighted by Crippen LogP contribution is -2.07. The molecule has 1 aliphatic carbocycles. The van der Waals surface area contributed by atoms with Gasteiger partial charge in [0.15, 0.2) is 0 Å². The van der Waals surface area contributed by atoms with Crippen LogP contribution in [0.3, 0.4) is 0 Å². The van der Waals surface area contributed by atoms with Crippen molar-refractivity contribution >= 4 is 11.6 Å². The summed E-state index contributed by atoms with van der Waals surface area (Å²) in [5, 5.41) is 0. The highest BCUT2D eigenvalue weighted by Gasteiger charge is 2.41. The van der Waals surface area contributed by atoms with Crippen molar-refractivity contribution in [2.75, 3.05) is 5.88 Å². The van der Waals surface area contributed by atoms with E-state index in [1.54, 1.807) is 0 Å². The van der Waals surface area contributed by atoms with Gasteiger partial charge in [0.25, 0.3) is 0 Å². The number of halogens is 1. The second-order valence-electron chi connectivity index (χ2n) is 3.85. The maximum atomic E-state index is 5.86. The highest BCUT2D eigenvalue weighted by molar-refractivity contribution is 6.18. The van der Waals surface area contributed by atoms with E-state index in [0.717, 1.165) is 11.8 Å². The van der Waals surface area contributed by atoms with Crippen molar-refractivity contribution in [3.63, 3.8) is 0 Å². The first kappa shape index (κ1) is 8.39. The molecule has 0 nitrogen and oxygen atoms in total. The van der Waals surface area contributed by atoms with Crippen LogP contribution in [0.15, 0.2) is 0 Å². The molecule has 1 aliphatic rings. The fourth-order valence-electron chi connectivity index (χ4n) is 1.45. The fraction of sp³-hybridized carbons (Fsp3) is 1.00. The summed E-state index contributed by atoms with van der Waals surface area (Å²) in [5.41, 5.74) is 0.580. The minimum atomic E-state index is 0.580. The van der Waals surface area contributed by atoms with E-state index in [1.165, 1.54) is 25.7 Å². The van der Waals surface area contributed by atoms with Crippen LogP contribution in [-0.2, 0) is 0 Å². The average Bonchev–Trinajstić information content (AvgIpc) is 2.70. The number of hydrogen-bond donors (Lipinski definition) is 0. The second kappa shape index (κ2) is 3.13. The molecule has 10 heavy (non-hydrogen) atoms. The van der Waals surface area contributed by atoms with E-state index in [1.807, 2.05) is 0 Å². The highest BCUT2D eigenvalue weighted by atomic mass is 35.5. The van der Waals surface area contributed by atoms with Gasteiger partial charge in [0.05, 0.1) is 0 Å². The molecule has 60 valence electrons. The van der Waals surface area contributed by atoms with E-state index in [0.29, 0.717) is 5.41 Å². The molecule has 0 spiro atoms. The molecule has 1 atom stereocenters. The zero-order valence-corrected chi connectivity index (χ0v) is 7.75. The van der Waals surface area contributed by atoms with Crippen molar-refractivity contribution in [1.29, 1.82) is 0 Å². The molecule has 0 N–H and O–H groups in total. The van der Waals surface area contributed by atoms with Crippen molar-refractivity contribution in [2.45, 2.75) is 39.5 Å². The van der Waals surface area contributed by atoms with Crippen molar-refractivity contribution < 1.29 is 0 Å². The lowest BCUT2D eigenvalue weighted by Gasteiger charge is -2.15. The quantitative estimate of drug-likeness (QED) is 0.553. The Balaban J connectivity index is 2.23. The van der Waals surface area contributed by atoms with Crippen LogP contribution >= 0.6 is 11.6 Å². The van der Waals surface area contributed by atoms with Crippen LogP contribution < -0.4 is 0 Å². The summed E-state index contributed by atoms with van der Waals surface area (Å²) in [5.74, 6) is 1.76. The van der Waals surface area contributed by atoms with Gasteiger partial charge in [0, 0.05) is 5.88 Å². The van der Waals surface area contributed by atoms with Crippen molar-refractivity contribution in [3.8, 4) is 0 Å². The molecule has 1 saturated carbocycles. The molecule has 1 fully saturated rings. The normalized spacial score (nSPS) is 24.3. The fourth-order valence-corrected chi connectivity index (χ4v) is 1.83. The Labute approximate surface area is 69.0 Å². The molecular weight excluding hydrogens is 144 g/mol. The smallest absolute Gasteiger partial charge is 0.0280 e. The summed E-state index contributed by atoms with van der Waals surface area (Å²) in [6, 6.07) is 0. The standard InChI is InChI=1S/C9H17Cl/c1-3-8(2)6-9(7-10)4-5-9/h8H,3-7H2,1-2H3. The molecule has 0 heterocycles. The number of hydrogen-bond acceptors (Lipinski definition) is 0.